The van der Waals surface area contributed by atoms with E-state index in [0.29, 0.717) is 6.42 Å². The van der Waals surface area contributed by atoms with Crippen molar-refractivity contribution < 1.29 is 14.6 Å². The highest BCUT2D eigenvalue weighted by Gasteiger charge is 2.41. The zero-order valence-electron chi connectivity index (χ0n) is 10.8. The number of nitrogens with one attached hydrogen (secondary N) is 1. The van der Waals surface area contributed by atoms with Gasteiger partial charge in [0.15, 0.2) is 0 Å². The van der Waals surface area contributed by atoms with Gasteiger partial charge in [0.1, 0.15) is 0 Å². The minimum atomic E-state index is -0.504. The van der Waals surface area contributed by atoms with Crippen LogP contribution in [-0.4, -0.2) is 35.4 Å². The van der Waals surface area contributed by atoms with E-state index in [9.17, 15) is 9.90 Å². The molecule has 1 aliphatic heterocycles. The van der Waals surface area contributed by atoms with Crippen LogP contribution in [0.3, 0.4) is 0 Å². The van der Waals surface area contributed by atoms with E-state index < -0.39 is 6.10 Å². The zero-order valence-corrected chi connectivity index (χ0v) is 10.8. The molecule has 94 valence electrons. The summed E-state index contributed by atoms with van der Waals surface area (Å²) in [6.45, 7) is 9.60. The second-order valence-electron chi connectivity index (χ2n) is 5.74. The molecule has 4 heteroatoms. The lowest BCUT2D eigenvalue weighted by Crippen LogP contribution is -2.57. The van der Waals surface area contributed by atoms with E-state index in [1.165, 1.54) is 6.92 Å². The molecule has 1 heterocycles. The lowest BCUT2D eigenvalue weighted by Gasteiger charge is -2.44. The molecular weight excluding hydrogens is 206 g/mol. The molecule has 16 heavy (non-hydrogen) atoms. The molecule has 1 rings (SSSR count). The Kier molecular flexibility index (Phi) is 3.97. The van der Waals surface area contributed by atoms with Gasteiger partial charge in [0.25, 0.3) is 0 Å². The third-order valence-electron chi connectivity index (χ3n) is 3.01. The summed E-state index contributed by atoms with van der Waals surface area (Å²) in [6.07, 6.45) is -0.178. The normalized spacial score (nSPS) is 35.9. The first-order valence-electron chi connectivity index (χ1n) is 5.82. The average Bonchev–Trinajstić information content (AvgIpc) is 2.08. The predicted octanol–water partition coefficient (Wildman–Crippen LogP) is 1.08. The van der Waals surface area contributed by atoms with E-state index in [-0.39, 0.29) is 29.6 Å². The third-order valence-corrected chi connectivity index (χ3v) is 3.01. The second kappa shape index (κ2) is 4.72. The molecule has 0 aromatic rings. The summed E-state index contributed by atoms with van der Waals surface area (Å²) in [4.78, 5) is 11.1. The summed E-state index contributed by atoms with van der Waals surface area (Å²) in [5.74, 6) is -0.0791. The van der Waals surface area contributed by atoms with Gasteiger partial charge in [-0.05, 0) is 18.8 Å². The first-order chi connectivity index (χ1) is 7.21. The lowest BCUT2D eigenvalue weighted by molar-refractivity contribution is -0.160. The number of aliphatic hydroxyl groups excluding tert-OH is 1. The summed E-state index contributed by atoms with van der Waals surface area (Å²) in [5.41, 5.74) is -0.0541. The number of carbonyl (C=O) groups excluding carboxylic acids is 1. The van der Waals surface area contributed by atoms with Crippen LogP contribution in [0.1, 0.15) is 41.0 Å². The maximum atomic E-state index is 11.1. The molecule has 4 atom stereocenters. The number of ether oxygens (including phenoxy) is 1. The topological polar surface area (TPSA) is 58.6 Å². The number of hydrogen-bond acceptors (Lipinski definition) is 3. The van der Waals surface area contributed by atoms with E-state index in [1.54, 1.807) is 0 Å². The molecule has 0 saturated carbocycles. The van der Waals surface area contributed by atoms with Gasteiger partial charge in [-0.2, -0.15) is 0 Å². The highest BCUT2D eigenvalue weighted by Crippen LogP contribution is 2.32. The van der Waals surface area contributed by atoms with Crippen LogP contribution in [0, 0.1) is 5.41 Å². The Bertz CT molecular complexity index is 259. The van der Waals surface area contributed by atoms with Crippen molar-refractivity contribution in [2.75, 3.05) is 0 Å². The Morgan fingerprint density at radius 3 is 2.44 bits per heavy atom. The zero-order chi connectivity index (χ0) is 12.5. The predicted molar refractivity (Wildman–Crippen MR) is 62.0 cm³/mol. The Morgan fingerprint density at radius 1 is 1.44 bits per heavy atom. The highest BCUT2D eigenvalue weighted by molar-refractivity contribution is 5.73. The Labute approximate surface area is 97.4 Å². The summed E-state index contributed by atoms with van der Waals surface area (Å²) in [5, 5.41) is 12.6. The fourth-order valence-electron chi connectivity index (χ4n) is 2.20. The third kappa shape index (κ3) is 3.19. The molecule has 1 amide bonds. The van der Waals surface area contributed by atoms with Gasteiger partial charge in [-0.15, -0.1) is 0 Å². The van der Waals surface area contributed by atoms with Gasteiger partial charge in [-0.1, -0.05) is 20.8 Å². The van der Waals surface area contributed by atoms with Gasteiger partial charge in [-0.3, -0.25) is 4.79 Å². The van der Waals surface area contributed by atoms with Crippen LogP contribution in [0.15, 0.2) is 0 Å². The number of rotatable bonds is 1. The van der Waals surface area contributed by atoms with E-state index >= 15 is 0 Å². The number of aliphatic hydroxyl groups is 1. The average molecular weight is 229 g/mol. The van der Waals surface area contributed by atoms with Crippen molar-refractivity contribution in [2.24, 2.45) is 5.41 Å². The largest absolute Gasteiger partial charge is 0.390 e. The molecule has 0 radical (unpaired) electrons. The number of amides is 1. The van der Waals surface area contributed by atoms with Crippen LogP contribution in [0.25, 0.3) is 0 Å². The Balaban J connectivity index is 2.79. The van der Waals surface area contributed by atoms with Gasteiger partial charge >= 0.3 is 0 Å². The summed E-state index contributed by atoms with van der Waals surface area (Å²) in [7, 11) is 0. The van der Waals surface area contributed by atoms with Crippen LogP contribution in [0.4, 0.5) is 0 Å². The first kappa shape index (κ1) is 13.5. The van der Waals surface area contributed by atoms with Gasteiger partial charge in [0.05, 0.1) is 24.4 Å². The highest BCUT2D eigenvalue weighted by atomic mass is 16.5. The minimum Gasteiger partial charge on any atom is -0.390 e. The fraction of sp³-hybridized carbons (Fsp3) is 0.917. The standard InChI is InChI=1S/C12H23NO3/c1-7-10(15)6-9(13-8(2)14)11(16-7)12(3,4)5/h7,9-11,15H,6H2,1-5H3,(H,13,14). The van der Waals surface area contributed by atoms with Crippen LogP contribution in [-0.2, 0) is 9.53 Å². The quantitative estimate of drug-likeness (QED) is 0.707. The maximum absolute atomic E-state index is 11.1. The number of hydrogen-bond donors (Lipinski definition) is 2. The van der Waals surface area contributed by atoms with Crippen molar-refractivity contribution in [3.8, 4) is 0 Å². The van der Waals surface area contributed by atoms with Crippen LogP contribution < -0.4 is 5.32 Å². The molecule has 1 saturated heterocycles. The van der Waals surface area contributed by atoms with Crippen molar-refractivity contribution in [1.82, 2.24) is 5.32 Å². The number of carbonyl (C=O) groups is 1. The summed E-state index contributed by atoms with van der Waals surface area (Å²) >= 11 is 0. The first-order valence-corrected chi connectivity index (χ1v) is 5.82. The molecule has 1 fully saturated rings. The van der Waals surface area contributed by atoms with Gasteiger partial charge in [-0.25, -0.2) is 0 Å². The van der Waals surface area contributed by atoms with Gasteiger partial charge < -0.3 is 15.2 Å². The monoisotopic (exact) mass is 229 g/mol. The molecular formula is C12H23NO3. The molecule has 4 nitrogen and oxygen atoms in total. The van der Waals surface area contributed by atoms with E-state index in [2.05, 4.69) is 26.1 Å². The van der Waals surface area contributed by atoms with Crippen molar-refractivity contribution in [1.29, 1.82) is 0 Å². The molecule has 0 aliphatic carbocycles. The fourth-order valence-corrected chi connectivity index (χ4v) is 2.20. The molecule has 0 bridgehead atoms. The van der Waals surface area contributed by atoms with Crippen molar-refractivity contribution in [3.05, 3.63) is 0 Å². The van der Waals surface area contributed by atoms with Crippen LogP contribution in [0.5, 0.6) is 0 Å². The minimum absolute atomic E-state index is 0.0541. The Hall–Kier alpha value is -0.610. The van der Waals surface area contributed by atoms with Crippen molar-refractivity contribution in [3.63, 3.8) is 0 Å². The van der Waals surface area contributed by atoms with E-state index in [0.717, 1.165) is 0 Å². The lowest BCUT2D eigenvalue weighted by atomic mass is 9.80. The Morgan fingerprint density at radius 2 is 2.00 bits per heavy atom. The van der Waals surface area contributed by atoms with Crippen molar-refractivity contribution >= 4 is 5.91 Å². The van der Waals surface area contributed by atoms with E-state index in [1.807, 2.05) is 6.92 Å². The van der Waals surface area contributed by atoms with Crippen molar-refractivity contribution in [2.45, 2.75) is 65.4 Å². The smallest absolute Gasteiger partial charge is 0.217 e. The van der Waals surface area contributed by atoms with E-state index in [4.69, 9.17) is 4.74 Å². The maximum Gasteiger partial charge on any atom is 0.217 e. The second-order valence-corrected chi connectivity index (χ2v) is 5.74. The van der Waals surface area contributed by atoms with Gasteiger partial charge in [0, 0.05) is 6.92 Å². The summed E-state index contributed by atoms with van der Waals surface area (Å²) in [6, 6.07) is -0.108. The van der Waals surface area contributed by atoms with Crippen LogP contribution in [0.2, 0.25) is 0 Å². The molecule has 4 unspecified atom stereocenters. The molecule has 0 aromatic heterocycles. The molecule has 1 aliphatic rings. The van der Waals surface area contributed by atoms with Gasteiger partial charge in [0.2, 0.25) is 5.91 Å². The SMILES string of the molecule is CC(=O)NC1CC(O)C(C)OC1C(C)(C)C. The molecule has 0 aromatic carbocycles. The summed E-state index contributed by atoms with van der Waals surface area (Å²) < 4.78 is 5.81. The molecule has 0 spiro atoms. The van der Waals surface area contributed by atoms with Crippen LogP contribution >= 0.6 is 0 Å². The molecule has 2 N–H and O–H groups in total.